The number of carbonyl (C=O) groups excluding carboxylic acids is 1. The van der Waals surface area contributed by atoms with Crippen molar-refractivity contribution in [1.82, 2.24) is 4.90 Å². The van der Waals surface area contributed by atoms with Gasteiger partial charge in [-0.05, 0) is 56.8 Å². The Labute approximate surface area is 146 Å². The van der Waals surface area contributed by atoms with E-state index in [2.05, 4.69) is 70.0 Å². The third-order valence-electron chi connectivity index (χ3n) is 3.13. The van der Waals surface area contributed by atoms with Crippen LogP contribution in [0.5, 0.6) is 0 Å². The summed E-state index contributed by atoms with van der Waals surface area (Å²) in [6.45, 7) is 5.58. The Bertz CT molecular complexity index is 602. The van der Waals surface area contributed by atoms with Crippen LogP contribution in [0, 0.1) is 6.92 Å². The maximum Gasteiger partial charge on any atom is 0.264 e. The number of amides is 1. The highest BCUT2D eigenvalue weighted by Gasteiger charge is 2.18. The van der Waals surface area contributed by atoms with Gasteiger partial charge in [0.1, 0.15) is 0 Å². The quantitative estimate of drug-likeness (QED) is 0.601. The Morgan fingerprint density at radius 1 is 1.24 bits per heavy atom. The average molecular weight is 431 g/mol. The Kier molecular flexibility index (Phi) is 6.02. The minimum atomic E-state index is 0.0915. The highest BCUT2D eigenvalue weighted by Crippen LogP contribution is 2.33. The third kappa shape index (κ3) is 4.41. The molecule has 0 aliphatic heterocycles. The van der Waals surface area contributed by atoms with E-state index >= 15 is 0 Å². The molecule has 0 unspecified atom stereocenters. The summed E-state index contributed by atoms with van der Waals surface area (Å²) in [5.41, 5.74) is 2.40. The zero-order valence-corrected chi connectivity index (χ0v) is 16.0. The first-order chi connectivity index (χ1) is 10.0. The molecule has 5 heteroatoms. The lowest BCUT2D eigenvalue weighted by atomic mass is 10.1. The molecular weight excluding hydrogens is 414 g/mol. The maximum atomic E-state index is 12.7. The van der Waals surface area contributed by atoms with Gasteiger partial charge < -0.3 is 4.90 Å². The SMILES string of the molecule is CCCN(Cc1ccc(C)cc1)C(=O)c1cc(Br)c(Br)s1. The van der Waals surface area contributed by atoms with E-state index in [0.29, 0.717) is 6.54 Å². The highest BCUT2D eigenvalue weighted by molar-refractivity contribution is 9.13. The zero-order chi connectivity index (χ0) is 15.4. The van der Waals surface area contributed by atoms with Crippen molar-refractivity contribution in [1.29, 1.82) is 0 Å². The molecule has 2 nitrogen and oxygen atoms in total. The first kappa shape index (κ1) is 16.7. The molecule has 0 radical (unpaired) electrons. The summed E-state index contributed by atoms with van der Waals surface area (Å²) in [6, 6.07) is 10.2. The van der Waals surface area contributed by atoms with Crippen LogP contribution >= 0.6 is 43.2 Å². The number of hydrogen-bond acceptors (Lipinski definition) is 2. The van der Waals surface area contributed by atoms with Crippen LogP contribution in [-0.4, -0.2) is 17.4 Å². The average Bonchev–Trinajstić information content (AvgIpc) is 2.80. The van der Waals surface area contributed by atoms with Crippen molar-refractivity contribution in [3.8, 4) is 0 Å². The molecule has 1 aromatic heterocycles. The number of hydrogen-bond donors (Lipinski definition) is 0. The lowest BCUT2D eigenvalue weighted by Gasteiger charge is -2.21. The second-order valence-electron chi connectivity index (χ2n) is 4.94. The Balaban J connectivity index is 2.17. The number of rotatable bonds is 5. The summed E-state index contributed by atoms with van der Waals surface area (Å²) in [7, 11) is 0. The lowest BCUT2D eigenvalue weighted by molar-refractivity contribution is 0.0748. The molecule has 0 saturated heterocycles. The molecule has 0 saturated carbocycles. The fraction of sp³-hybridized carbons (Fsp3) is 0.312. The van der Waals surface area contributed by atoms with Gasteiger partial charge in [-0.3, -0.25) is 4.79 Å². The van der Waals surface area contributed by atoms with Gasteiger partial charge >= 0.3 is 0 Å². The summed E-state index contributed by atoms with van der Waals surface area (Å²) in [5.74, 6) is 0.0915. The van der Waals surface area contributed by atoms with Crippen LogP contribution in [0.2, 0.25) is 0 Å². The molecule has 0 atom stereocenters. The van der Waals surface area contributed by atoms with E-state index in [4.69, 9.17) is 0 Å². The van der Waals surface area contributed by atoms with Crippen molar-refractivity contribution in [2.75, 3.05) is 6.54 Å². The molecule has 0 fully saturated rings. The summed E-state index contributed by atoms with van der Waals surface area (Å²) in [5, 5.41) is 0. The molecule has 1 heterocycles. The molecule has 0 spiro atoms. The molecule has 0 N–H and O–H groups in total. The fourth-order valence-electron chi connectivity index (χ4n) is 2.04. The topological polar surface area (TPSA) is 20.3 Å². The van der Waals surface area contributed by atoms with E-state index in [1.54, 1.807) is 0 Å². The van der Waals surface area contributed by atoms with Crippen LogP contribution in [0.25, 0.3) is 0 Å². The van der Waals surface area contributed by atoms with Crippen LogP contribution in [-0.2, 0) is 6.54 Å². The number of thiophene rings is 1. The lowest BCUT2D eigenvalue weighted by Crippen LogP contribution is -2.30. The van der Waals surface area contributed by atoms with Crippen molar-refractivity contribution in [3.63, 3.8) is 0 Å². The first-order valence-electron chi connectivity index (χ1n) is 6.81. The smallest absolute Gasteiger partial charge is 0.264 e. The van der Waals surface area contributed by atoms with E-state index in [1.807, 2.05) is 11.0 Å². The molecule has 21 heavy (non-hydrogen) atoms. The zero-order valence-electron chi connectivity index (χ0n) is 12.0. The van der Waals surface area contributed by atoms with Crippen molar-refractivity contribution < 1.29 is 4.79 Å². The van der Waals surface area contributed by atoms with Gasteiger partial charge in [0.2, 0.25) is 0 Å². The van der Waals surface area contributed by atoms with Gasteiger partial charge in [0.15, 0.2) is 0 Å². The van der Waals surface area contributed by atoms with Gasteiger partial charge in [-0.15, -0.1) is 11.3 Å². The van der Waals surface area contributed by atoms with E-state index in [1.165, 1.54) is 16.9 Å². The van der Waals surface area contributed by atoms with E-state index in [9.17, 15) is 4.79 Å². The number of carbonyl (C=O) groups is 1. The maximum absolute atomic E-state index is 12.7. The van der Waals surface area contributed by atoms with Crippen LogP contribution in [0.3, 0.4) is 0 Å². The molecule has 0 bridgehead atoms. The molecule has 112 valence electrons. The van der Waals surface area contributed by atoms with Gasteiger partial charge in [0.25, 0.3) is 5.91 Å². The van der Waals surface area contributed by atoms with Crippen LogP contribution < -0.4 is 0 Å². The largest absolute Gasteiger partial charge is 0.334 e. The number of benzene rings is 1. The summed E-state index contributed by atoms with van der Waals surface area (Å²) in [4.78, 5) is 15.3. The minimum absolute atomic E-state index is 0.0915. The van der Waals surface area contributed by atoms with Crippen LogP contribution in [0.15, 0.2) is 38.6 Å². The first-order valence-corrected chi connectivity index (χ1v) is 9.21. The van der Waals surface area contributed by atoms with Crippen molar-refractivity contribution in [2.24, 2.45) is 0 Å². The van der Waals surface area contributed by atoms with Crippen LogP contribution in [0.4, 0.5) is 0 Å². The van der Waals surface area contributed by atoms with E-state index in [-0.39, 0.29) is 5.91 Å². The molecule has 2 rings (SSSR count). The minimum Gasteiger partial charge on any atom is -0.334 e. The predicted molar refractivity (Wildman–Crippen MR) is 95.9 cm³/mol. The Hall–Kier alpha value is -0.650. The normalized spacial score (nSPS) is 10.7. The van der Waals surface area contributed by atoms with Crippen molar-refractivity contribution >= 4 is 49.1 Å². The molecule has 0 aliphatic rings. The predicted octanol–water partition coefficient (Wildman–Crippen LogP) is 5.63. The second kappa shape index (κ2) is 7.56. The number of halogens is 2. The van der Waals surface area contributed by atoms with Gasteiger partial charge in [-0.25, -0.2) is 0 Å². The monoisotopic (exact) mass is 429 g/mol. The van der Waals surface area contributed by atoms with E-state index in [0.717, 1.165) is 31.7 Å². The van der Waals surface area contributed by atoms with Crippen molar-refractivity contribution in [2.45, 2.75) is 26.8 Å². The molecular formula is C16H17Br2NOS. The number of aryl methyl sites for hydroxylation is 1. The van der Waals surface area contributed by atoms with Gasteiger partial charge in [0, 0.05) is 17.6 Å². The Morgan fingerprint density at radius 3 is 2.43 bits per heavy atom. The molecule has 1 aromatic carbocycles. The summed E-state index contributed by atoms with van der Waals surface area (Å²) >= 11 is 8.36. The standard InChI is InChI=1S/C16H17Br2NOS/c1-3-8-19(10-12-6-4-11(2)5-7-12)16(20)14-9-13(17)15(18)21-14/h4-7,9H,3,8,10H2,1-2H3. The second-order valence-corrected chi connectivity index (χ2v) is 8.17. The van der Waals surface area contributed by atoms with Gasteiger partial charge in [-0.2, -0.15) is 0 Å². The molecule has 0 aliphatic carbocycles. The molecule has 2 aromatic rings. The van der Waals surface area contributed by atoms with Gasteiger partial charge in [-0.1, -0.05) is 36.8 Å². The number of nitrogens with zero attached hydrogens (tertiary/aromatic N) is 1. The van der Waals surface area contributed by atoms with E-state index < -0.39 is 0 Å². The summed E-state index contributed by atoms with van der Waals surface area (Å²) in [6.07, 6.45) is 0.950. The Morgan fingerprint density at radius 2 is 1.90 bits per heavy atom. The fourth-order valence-corrected chi connectivity index (χ4v) is 4.05. The van der Waals surface area contributed by atoms with Gasteiger partial charge in [0.05, 0.1) is 8.66 Å². The van der Waals surface area contributed by atoms with Crippen molar-refractivity contribution in [3.05, 3.63) is 54.6 Å². The highest BCUT2D eigenvalue weighted by atomic mass is 79.9. The van der Waals surface area contributed by atoms with Crippen LogP contribution in [0.1, 0.15) is 34.1 Å². The molecule has 1 amide bonds. The summed E-state index contributed by atoms with van der Waals surface area (Å²) < 4.78 is 1.89. The third-order valence-corrected chi connectivity index (χ3v) is 6.37.